The Morgan fingerprint density at radius 3 is 2.83 bits per heavy atom. The van der Waals surface area contributed by atoms with E-state index in [1.54, 1.807) is 23.5 Å². The van der Waals surface area contributed by atoms with Crippen LogP contribution in [0.5, 0.6) is 0 Å². The minimum absolute atomic E-state index is 0.0310. The fourth-order valence-corrected chi connectivity index (χ4v) is 5.55. The van der Waals surface area contributed by atoms with Crippen molar-refractivity contribution < 1.29 is 4.79 Å². The molecule has 1 atom stereocenters. The minimum atomic E-state index is 0.0310. The number of nitrogens with zero attached hydrogens (tertiary/aromatic N) is 3. The first-order valence-electron chi connectivity index (χ1n) is 10.6. The Kier molecular flexibility index (Phi) is 4.96. The second kappa shape index (κ2) is 7.75. The van der Waals surface area contributed by atoms with Gasteiger partial charge >= 0.3 is 0 Å². The summed E-state index contributed by atoms with van der Waals surface area (Å²) in [7, 11) is 0. The predicted octanol–water partition coefficient (Wildman–Crippen LogP) is 4.55. The van der Waals surface area contributed by atoms with Gasteiger partial charge in [0.25, 0.3) is 11.5 Å². The summed E-state index contributed by atoms with van der Waals surface area (Å²) in [4.78, 5) is 34.3. The minimum Gasteiger partial charge on any atom is -0.331 e. The van der Waals surface area contributed by atoms with Crippen LogP contribution in [0.25, 0.3) is 10.9 Å². The van der Waals surface area contributed by atoms with Crippen molar-refractivity contribution in [2.45, 2.75) is 57.5 Å². The average molecular weight is 408 g/mol. The van der Waals surface area contributed by atoms with Gasteiger partial charge in [0.15, 0.2) is 0 Å². The van der Waals surface area contributed by atoms with E-state index in [4.69, 9.17) is 4.98 Å². The number of hydrogen-bond donors (Lipinski definition) is 0. The second-order valence-electron chi connectivity index (χ2n) is 8.05. The lowest BCUT2D eigenvalue weighted by Gasteiger charge is -2.24. The van der Waals surface area contributed by atoms with Gasteiger partial charge in [0.05, 0.1) is 16.9 Å². The molecule has 0 spiro atoms. The highest BCUT2D eigenvalue weighted by molar-refractivity contribution is 7.10. The molecule has 29 heavy (non-hydrogen) atoms. The van der Waals surface area contributed by atoms with Gasteiger partial charge in [0, 0.05) is 30.0 Å². The van der Waals surface area contributed by atoms with Gasteiger partial charge in [0.2, 0.25) is 0 Å². The third-order valence-electron chi connectivity index (χ3n) is 6.20. The van der Waals surface area contributed by atoms with Crippen LogP contribution < -0.4 is 5.56 Å². The number of benzene rings is 1. The molecule has 150 valence electrons. The summed E-state index contributed by atoms with van der Waals surface area (Å²) in [5.74, 6) is 0.904. The molecule has 0 aliphatic carbocycles. The number of rotatable bonds is 2. The number of fused-ring (bicyclic) bond motifs is 2. The van der Waals surface area contributed by atoms with Crippen molar-refractivity contribution in [1.29, 1.82) is 0 Å². The SMILES string of the molecule is O=C(c1ccc2c(=O)n3c(nc2c1)CCCCCC3)N1CCCC1c1cccs1. The number of carbonyl (C=O) groups is 1. The predicted molar refractivity (Wildman–Crippen MR) is 116 cm³/mol. The molecule has 5 nitrogen and oxygen atoms in total. The molecule has 1 unspecified atom stereocenters. The van der Waals surface area contributed by atoms with Crippen LogP contribution in [-0.4, -0.2) is 26.9 Å². The molecule has 1 saturated heterocycles. The molecule has 1 aromatic carbocycles. The van der Waals surface area contributed by atoms with E-state index in [1.807, 2.05) is 21.6 Å². The molecule has 2 aliphatic rings. The van der Waals surface area contributed by atoms with Crippen LogP contribution in [0.1, 0.15) is 65.6 Å². The van der Waals surface area contributed by atoms with Crippen LogP contribution in [0.15, 0.2) is 40.5 Å². The molecule has 4 heterocycles. The molecule has 1 fully saturated rings. The number of amides is 1. The number of aryl methyl sites for hydroxylation is 1. The first-order chi connectivity index (χ1) is 14.2. The van der Waals surface area contributed by atoms with Gasteiger partial charge < -0.3 is 4.90 Å². The largest absolute Gasteiger partial charge is 0.331 e. The lowest BCUT2D eigenvalue weighted by atomic mass is 10.1. The Morgan fingerprint density at radius 2 is 1.97 bits per heavy atom. The molecule has 1 amide bonds. The molecule has 0 radical (unpaired) electrons. The van der Waals surface area contributed by atoms with Crippen LogP contribution in [0.2, 0.25) is 0 Å². The molecule has 0 N–H and O–H groups in total. The topological polar surface area (TPSA) is 55.2 Å². The third-order valence-corrected chi connectivity index (χ3v) is 7.17. The maximum absolute atomic E-state index is 13.3. The van der Waals surface area contributed by atoms with E-state index in [9.17, 15) is 9.59 Å². The first-order valence-corrected chi connectivity index (χ1v) is 11.5. The quantitative estimate of drug-likeness (QED) is 0.626. The summed E-state index contributed by atoms with van der Waals surface area (Å²) >= 11 is 1.71. The smallest absolute Gasteiger partial charge is 0.261 e. The second-order valence-corrected chi connectivity index (χ2v) is 9.03. The lowest BCUT2D eigenvalue weighted by molar-refractivity contribution is 0.0738. The van der Waals surface area contributed by atoms with E-state index in [-0.39, 0.29) is 17.5 Å². The Morgan fingerprint density at radius 1 is 1.07 bits per heavy atom. The molecule has 0 bridgehead atoms. The van der Waals surface area contributed by atoms with Gasteiger partial charge in [0.1, 0.15) is 5.82 Å². The number of carbonyl (C=O) groups excluding carboxylic acids is 1. The van der Waals surface area contributed by atoms with E-state index in [1.165, 1.54) is 17.7 Å². The van der Waals surface area contributed by atoms with E-state index < -0.39 is 0 Å². The van der Waals surface area contributed by atoms with Crippen LogP contribution in [0.3, 0.4) is 0 Å². The van der Waals surface area contributed by atoms with Gasteiger partial charge in [-0.2, -0.15) is 0 Å². The maximum atomic E-state index is 13.3. The average Bonchev–Trinajstić information content (AvgIpc) is 3.40. The molecule has 3 aromatic rings. The summed E-state index contributed by atoms with van der Waals surface area (Å²) in [5.41, 5.74) is 1.31. The summed E-state index contributed by atoms with van der Waals surface area (Å²) < 4.78 is 1.84. The zero-order valence-corrected chi connectivity index (χ0v) is 17.3. The monoisotopic (exact) mass is 407 g/mol. The Bertz CT molecular complexity index is 1100. The summed E-state index contributed by atoms with van der Waals surface area (Å²) in [6.07, 6.45) is 7.30. The van der Waals surface area contributed by atoms with Crippen molar-refractivity contribution in [2.24, 2.45) is 0 Å². The molecular formula is C23H25N3O2S. The molecule has 0 saturated carbocycles. The number of aromatic nitrogens is 2. The van der Waals surface area contributed by atoms with E-state index >= 15 is 0 Å². The molecular weight excluding hydrogens is 382 g/mol. The molecule has 6 heteroatoms. The van der Waals surface area contributed by atoms with Crippen molar-refractivity contribution >= 4 is 28.1 Å². The van der Waals surface area contributed by atoms with Crippen molar-refractivity contribution in [2.75, 3.05) is 6.54 Å². The zero-order chi connectivity index (χ0) is 19.8. The Labute approximate surface area is 174 Å². The highest BCUT2D eigenvalue weighted by Gasteiger charge is 2.31. The van der Waals surface area contributed by atoms with Crippen molar-refractivity contribution in [3.05, 3.63) is 62.3 Å². The zero-order valence-electron chi connectivity index (χ0n) is 16.5. The fraction of sp³-hybridized carbons (Fsp3) is 0.435. The normalized spacial score (nSPS) is 19.7. The number of hydrogen-bond acceptors (Lipinski definition) is 4. The molecule has 5 rings (SSSR count). The van der Waals surface area contributed by atoms with Crippen LogP contribution >= 0.6 is 11.3 Å². The number of likely N-dealkylation sites (tertiary alicyclic amines) is 1. The molecule has 2 aliphatic heterocycles. The molecule has 2 aromatic heterocycles. The maximum Gasteiger partial charge on any atom is 0.261 e. The third kappa shape index (κ3) is 3.39. The van der Waals surface area contributed by atoms with E-state index in [0.29, 0.717) is 16.5 Å². The highest BCUT2D eigenvalue weighted by Crippen LogP contribution is 2.35. The standard InChI is InChI=1S/C23H25N3O2S/c27-22(25-13-5-7-19(25)20-8-6-14-29-20)16-10-11-17-18(15-16)24-21-9-3-1-2-4-12-26(21)23(17)28/h6,8,10-11,14-15,19H,1-5,7,9,12-13H2. The van der Waals surface area contributed by atoms with E-state index in [0.717, 1.165) is 51.0 Å². The Balaban J connectivity index is 1.52. The Hall–Kier alpha value is -2.47. The van der Waals surface area contributed by atoms with E-state index in [2.05, 4.69) is 11.4 Å². The van der Waals surface area contributed by atoms with Crippen molar-refractivity contribution in [3.8, 4) is 0 Å². The lowest BCUT2D eigenvalue weighted by Crippen LogP contribution is -2.30. The number of thiophene rings is 1. The first kappa shape index (κ1) is 18.6. The summed E-state index contributed by atoms with van der Waals surface area (Å²) in [6, 6.07) is 9.73. The van der Waals surface area contributed by atoms with Gasteiger partial charge in [-0.05, 0) is 55.3 Å². The van der Waals surface area contributed by atoms with Gasteiger partial charge in [-0.3, -0.25) is 14.2 Å². The summed E-state index contributed by atoms with van der Waals surface area (Å²) in [6.45, 7) is 1.52. The summed E-state index contributed by atoms with van der Waals surface area (Å²) in [5, 5.41) is 2.68. The van der Waals surface area contributed by atoms with Gasteiger partial charge in [-0.15, -0.1) is 11.3 Å². The van der Waals surface area contributed by atoms with Crippen LogP contribution in [0, 0.1) is 0 Å². The van der Waals surface area contributed by atoms with Gasteiger partial charge in [-0.1, -0.05) is 18.9 Å². The van der Waals surface area contributed by atoms with Crippen LogP contribution in [0.4, 0.5) is 0 Å². The van der Waals surface area contributed by atoms with Gasteiger partial charge in [-0.25, -0.2) is 4.98 Å². The van der Waals surface area contributed by atoms with Crippen molar-refractivity contribution in [3.63, 3.8) is 0 Å². The fourth-order valence-electron chi connectivity index (χ4n) is 4.68. The van der Waals surface area contributed by atoms with Crippen LogP contribution in [-0.2, 0) is 13.0 Å². The van der Waals surface area contributed by atoms with Crippen molar-refractivity contribution in [1.82, 2.24) is 14.5 Å². The highest BCUT2D eigenvalue weighted by atomic mass is 32.1.